The molecule has 1 atom stereocenters. The first-order valence-electron chi connectivity index (χ1n) is 11.2. The highest BCUT2D eigenvalue weighted by molar-refractivity contribution is 9.10. The zero-order chi connectivity index (χ0) is 25.7. The number of halogens is 3. The zero-order valence-corrected chi connectivity index (χ0v) is 20.9. The van der Waals surface area contributed by atoms with Crippen LogP contribution in [0.4, 0.5) is 8.78 Å². The van der Waals surface area contributed by atoms with Crippen molar-refractivity contribution < 1.29 is 18.4 Å². The molecular formula is C27H23BrF2N4O2. The van der Waals surface area contributed by atoms with Crippen LogP contribution in [0.3, 0.4) is 0 Å². The van der Waals surface area contributed by atoms with Crippen molar-refractivity contribution in [3.05, 3.63) is 112 Å². The average molecular weight is 553 g/mol. The second-order valence-corrected chi connectivity index (χ2v) is 9.10. The van der Waals surface area contributed by atoms with Crippen LogP contribution in [0.15, 0.2) is 83.3 Å². The molecule has 0 bridgehead atoms. The van der Waals surface area contributed by atoms with Crippen molar-refractivity contribution >= 4 is 27.7 Å². The van der Waals surface area contributed by atoms with E-state index in [9.17, 15) is 18.4 Å². The van der Waals surface area contributed by atoms with Crippen molar-refractivity contribution in [1.29, 1.82) is 0 Å². The van der Waals surface area contributed by atoms with Crippen LogP contribution in [0.1, 0.15) is 21.6 Å². The van der Waals surface area contributed by atoms with Crippen LogP contribution in [0, 0.1) is 11.6 Å². The summed E-state index contributed by atoms with van der Waals surface area (Å²) in [7, 11) is 1.50. The lowest BCUT2D eigenvalue weighted by molar-refractivity contribution is -0.122. The second-order valence-electron chi connectivity index (χ2n) is 8.18. The minimum absolute atomic E-state index is 0.0777. The molecule has 0 fully saturated rings. The van der Waals surface area contributed by atoms with Gasteiger partial charge in [0.2, 0.25) is 5.91 Å². The summed E-state index contributed by atoms with van der Waals surface area (Å²) in [6, 6.07) is 20.1. The number of nitrogens with zero attached hydrogens (tertiary/aromatic N) is 2. The molecule has 0 spiro atoms. The number of carbonyl (C=O) groups excluding carboxylic acids is 2. The first-order chi connectivity index (χ1) is 17.3. The topological polar surface area (TPSA) is 76.0 Å². The summed E-state index contributed by atoms with van der Waals surface area (Å²) < 4.78 is 29.7. The van der Waals surface area contributed by atoms with Gasteiger partial charge >= 0.3 is 0 Å². The molecular weight excluding hydrogens is 530 g/mol. The summed E-state index contributed by atoms with van der Waals surface area (Å²) in [6.07, 6.45) is 0.277. The molecule has 2 N–H and O–H groups in total. The lowest BCUT2D eigenvalue weighted by atomic mass is 10.0. The van der Waals surface area contributed by atoms with E-state index in [4.69, 9.17) is 0 Å². The Morgan fingerprint density at radius 3 is 2.36 bits per heavy atom. The molecule has 0 aliphatic carbocycles. The molecule has 0 unspecified atom stereocenters. The van der Waals surface area contributed by atoms with E-state index in [0.29, 0.717) is 16.8 Å². The molecule has 1 aromatic heterocycles. The number of aromatic nitrogens is 2. The fourth-order valence-electron chi connectivity index (χ4n) is 3.82. The Hall–Kier alpha value is -3.85. The monoisotopic (exact) mass is 552 g/mol. The SMILES string of the molecule is CNC(=O)[C@H](Cc1cccc(Br)c1)NC(=O)c1cc(-c2ccc(F)cc2)n(Cc2cccc(F)c2)n1. The van der Waals surface area contributed by atoms with Crippen LogP contribution in [-0.4, -0.2) is 34.7 Å². The van der Waals surface area contributed by atoms with E-state index < -0.39 is 17.8 Å². The lowest BCUT2D eigenvalue weighted by Gasteiger charge is -2.17. The summed E-state index contributed by atoms with van der Waals surface area (Å²) in [5.41, 5.74) is 2.77. The molecule has 6 nitrogen and oxygen atoms in total. The van der Waals surface area contributed by atoms with Gasteiger partial charge in [-0.15, -0.1) is 0 Å². The maximum atomic E-state index is 13.8. The Bertz CT molecular complexity index is 1390. The van der Waals surface area contributed by atoms with Crippen molar-refractivity contribution in [2.75, 3.05) is 7.05 Å². The number of hydrogen-bond donors (Lipinski definition) is 2. The average Bonchev–Trinajstić information content (AvgIpc) is 3.27. The quantitative estimate of drug-likeness (QED) is 0.332. The first-order valence-corrected chi connectivity index (χ1v) is 12.0. The maximum absolute atomic E-state index is 13.8. The van der Waals surface area contributed by atoms with E-state index in [1.54, 1.807) is 35.0 Å². The molecule has 36 heavy (non-hydrogen) atoms. The van der Waals surface area contributed by atoms with Gasteiger partial charge in [0.25, 0.3) is 5.91 Å². The van der Waals surface area contributed by atoms with Crippen LogP contribution in [0.5, 0.6) is 0 Å². The Morgan fingerprint density at radius 2 is 1.67 bits per heavy atom. The Morgan fingerprint density at radius 1 is 0.944 bits per heavy atom. The third-order valence-electron chi connectivity index (χ3n) is 5.57. The van der Waals surface area contributed by atoms with Gasteiger partial charge in [0.15, 0.2) is 5.69 Å². The highest BCUT2D eigenvalue weighted by Crippen LogP contribution is 2.23. The molecule has 9 heteroatoms. The smallest absolute Gasteiger partial charge is 0.272 e. The number of benzene rings is 3. The van der Waals surface area contributed by atoms with Gasteiger partial charge in [-0.2, -0.15) is 5.10 Å². The van der Waals surface area contributed by atoms with Gasteiger partial charge in [-0.05, 0) is 65.7 Å². The molecule has 184 valence electrons. The van der Waals surface area contributed by atoms with E-state index in [2.05, 4.69) is 31.7 Å². The predicted octanol–water partition coefficient (Wildman–Crippen LogP) is 4.73. The predicted molar refractivity (Wildman–Crippen MR) is 136 cm³/mol. The highest BCUT2D eigenvalue weighted by atomic mass is 79.9. The number of hydrogen-bond acceptors (Lipinski definition) is 3. The lowest BCUT2D eigenvalue weighted by Crippen LogP contribution is -2.47. The number of amides is 2. The van der Waals surface area contributed by atoms with Crippen molar-refractivity contribution in [2.24, 2.45) is 0 Å². The van der Waals surface area contributed by atoms with Crippen LogP contribution >= 0.6 is 15.9 Å². The largest absolute Gasteiger partial charge is 0.357 e. The third-order valence-corrected chi connectivity index (χ3v) is 6.06. The first kappa shape index (κ1) is 25.2. The number of nitrogens with one attached hydrogen (secondary N) is 2. The number of carbonyl (C=O) groups is 2. The van der Waals surface area contributed by atoms with E-state index in [-0.39, 0.29) is 30.4 Å². The molecule has 1 heterocycles. The van der Waals surface area contributed by atoms with E-state index in [0.717, 1.165) is 10.0 Å². The van der Waals surface area contributed by atoms with E-state index in [1.165, 1.54) is 31.3 Å². The molecule has 4 aromatic rings. The summed E-state index contributed by atoms with van der Waals surface area (Å²) in [6.45, 7) is 0.189. The third kappa shape index (κ3) is 6.23. The molecule has 0 radical (unpaired) electrons. The Balaban J connectivity index is 1.64. The van der Waals surface area contributed by atoms with Gasteiger partial charge < -0.3 is 10.6 Å². The van der Waals surface area contributed by atoms with Crippen LogP contribution in [0.2, 0.25) is 0 Å². The molecule has 0 aliphatic rings. The van der Waals surface area contributed by atoms with Crippen molar-refractivity contribution in [3.8, 4) is 11.3 Å². The van der Waals surface area contributed by atoms with Gasteiger partial charge in [-0.25, -0.2) is 8.78 Å². The fourth-order valence-corrected chi connectivity index (χ4v) is 4.27. The second kappa shape index (κ2) is 11.3. The van der Waals surface area contributed by atoms with E-state index in [1.807, 2.05) is 24.3 Å². The summed E-state index contributed by atoms with van der Waals surface area (Å²) in [5, 5.41) is 9.79. The van der Waals surface area contributed by atoms with Gasteiger partial charge in [0.05, 0.1) is 12.2 Å². The molecule has 4 rings (SSSR count). The normalized spacial score (nSPS) is 11.7. The minimum atomic E-state index is -0.834. The minimum Gasteiger partial charge on any atom is -0.357 e. The van der Waals surface area contributed by atoms with Gasteiger partial charge in [0, 0.05) is 23.5 Å². The van der Waals surface area contributed by atoms with Crippen molar-refractivity contribution in [1.82, 2.24) is 20.4 Å². The van der Waals surface area contributed by atoms with Crippen molar-refractivity contribution in [2.45, 2.75) is 19.0 Å². The van der Waals surface area contributed by atoms with Crippen molar-refractivity contribution in [3.63, 3.8) is 0 Å². The zero-order valence-electron chi connectivity index (χ0n) is 19.3. The fraction of sp³-hybridized carbons (Fsp3) is 0.148. The van der Waals surface area contributed by atoms with Gasteiger partial charge in [-0.1, -0.05) is 40.2 Å². The summed E-state index contributed by atoms with van der Waals surface area (Å²) in [4.78, 5) is 25.7. The van der Waals surface area contributed by atoms with Gasteiger partial charge in [0.1, 0.15) is 17.7 Å². The number of rotatable bonds is 8. The number of likely N-dealkylation sites (N-methyl/N-ethyl adjacent to an activating group) is 1. The summed E-state index contributed by atoms with van der Waals surface area (Å²) >= 11 is 3.42. The highest BCUT2D eigenvalue weighted by Gasteiger charge is 2.24. The molecule has 3 aromatic carbocycles. The molecule has 0 aliphatic heterocycles. The Labute approximate surface area is 215 Å². The maximum Gasteiger partial charge on any atom is 0.272 e. The Kier molecular flexibility index (Phi) is 7.90. The van der Waals surface area contributed by atoms with Crippen LogP contribution < -0.4 is 10.6 Å². The molecule has 0 saturated heterocycles. The molecule has 0 saturated carbocycles. The standard InChI is InChI=1S/C27H23BrF2N4O2/c1-31-26(35)23(14-17-4-2-6-20(28)12-17)32-27(36)24-15-25(19-8-10-21(29)11-9-19)34(33-24)16-18-5-3-7-22(30)13-18/h2-13,15,23H,14,16H2,1H3,(H,31,35)(H,32,36)/t23-/m0/s1. The van der Waals surface area contributed by atoms with Gasteiger partial charge in [-0.3, -0.25) is 14.3 Å². The van der Waals surface area contributed by atoms with E-state index >= 15 is 0 Å². The van der Waals surface area contributed by atoms with Crippen LogP contribution in [-0.2, 0) is 17.8 Å². The molecule has 2 amide bonds. The summed E-state index contributed by atoms with van der Waals surface area (Å²) in [5.74, 6) is -1.67. The van der Waals surface area contributed by atoms with Crippen LogP contribution in [0.25, 0.3) is 11.3 Å².